The summed E-state index contributed by atoms with van der Waals surface area (Å²) in [6.07, 6.45) is 0. The van der Waals surface area contributed by atoms with E-state index in [1.54, 1.807) is 11.8 Å². The van der Waals surface area contributed by atoms with Crippen LogP contribution in [0, 0.1) is 20.2 Å². The lowest BCUT2D eigenvalue weighted by Crippen LogP contribution is -2.13. The number of nitrogens with zero attached hydrogens (tertiary/aromatic N) is 2. The van der Waals surface area contributed by atoms with Crippen molar-refractivity contribution in [2.75, 3.05) is 17.6 Å². The molecular weight excluding hydrogens is 282 g/mol. The fourth-order valence-corrected chi connectivity index (χ4v) is 2.29. The van der Waals surface area contributed by atoms with E-state index in [1.807, 2.05) is 0 Å². The molecule has 8 heteroatoms. The molecule has 0 aliphatic rings. The zero-order valence-corrected chi connectivity index (χ0v) is 12.4. The van der Waals surface area contributed by atoms with Crippen molar-refractivity contribution in [3.63, 3.8) is 0 Å². The van der Waals surface area contributed by atoms with E-state index >= 15 is 0 Å². The van der Waals surface area contributed by atoms with Gasteiger partial charge in [0.05, 0.1) is 15.9 Å². The molecule has 0 aliphatic carbocycles. The number of non-ortho nitro benzene ring substituents is 1. The second-order valence-electron chi connectivity index (χ2n) is 5.10. The third-order valence-electron chi connectivity index (χ3n) is 2.34. The van der Waals surface area contributed by atoms with Crippen LogP contribution in [-0.4, -0.2) is 26.9 Å². The fraction of sp³-hybridized carbons (Fsp3) is 0.500. The van der Waals surface area contributed by atoms with E-state index in [2.05, 4.69) is 26.1 Å². The Labute approximate surface area is 121 Å². The summed E-state index contributed by atoms with van der Waals surface area (Å²) >= 11 is 1.73. The summed E-state index contributed by atoms with van der Waals surface area (Å²) in [4.78, 5) is 20.3. The van der Waals surface area contributed by atoms with Crippen molar-refractivity contribution in [1.82, 2.24) is 0 Å². The molecule has 0 radical (unpaired) electrons. The molecule has 0 fully saturated rings. The first-order valence-corrected chi connectivity index (χ1v) is 7.00. The van der Waals surface area contributed by atoms with E-state index in [-0.39, 0.29) is 16.1 Å². The molecule has 1 N–H and O–H groups in total. The first-order chi connectivity index (χ1) is 9.20. The quantitative estimate of drug-likeness (QED) is 0.490. The standard InChI is InChI=1S/C12H17N3O4S/c1-12(2,3)20-7-6-13-10-5-4-9(14(16)17)8-11(10)15(18)19/h4-5,8,13H,6-7H2,1-3H3. The molecule has 0 aliphatic heterocycles. The van der Waals surface area contributed by atoms with Gasteiger partial charge in [0, 0.05) is 23.1 Å². The Hall–Kier alpha value is -1.83. The minimum atomic E-state index is -0.647. The van der Waals surface area contributed by atoms with Crippen LogP contribution in [0.25, 0.3) is 0 Å². The molecule has 1 rings (SSSR count). The summed E-state index contributed by atoms with van der Waals surface area (Å²) in [5.74, 6) is 0.789. The summed E-state index contributed by atoms with van der Waals surface area (Å²) in [5, 5.41) is 24.5. The maximum absolute atomic E-state index is 10.9. The molecule has 0 bridgehead atoms. The second-order valence-corrected chi connectivity index (χ2v) is 7.02. The summed E-state index contributed by atoms with van der Waals surface area (Å²) in [6, 6.07) is 3.60. The van der Waals surface area contributed by atoms with Crippen molar-refractivity contribution >= 4 is 28.8 Å². The van der Waals surface area contributed by atoms with Gasteiger partial charge in [0.25, 0.3) is 11.4 Å². The molecule has 110 valence electrons. The van der Waals surface area contributed by atoms with Crippen LogP contribution in [0.5, 0.6) is 0 Å². The third-order valence-corrected chi connectivity index (χ3v) is 3.62. The van der Waals surface area contributed by atoms with Gasteiger partial charge < -0.3 is 5.32 Å². The molecule has 7 nitrogen and oxygen atoms in total. The Bertz CT molecular complexity index is 514. The van der Waals surface area contributed by atoms with Crippen LogP contribution < -0.4 is 5.32 Å². The summed E-state index contributed by atoms with van der Waals surface area (Å²) < 4.78 is 0.128. The van der Waals surface area contributed by atoms with Crippen LogP contribution >= 0.6 is 11.8 Å². The van der Waals surface area contributed by atoms with E-state index in [0.717, 1.165) is 11.8 Å². The fourth-order valence-electron chi connectivity index (χ4n) is 1.48. The average Bonchev–Trinajstić information content (AvgIpc) is 2.33. The van der Waals surface area contributed by atoms with E-state index < -0.39 is 9.85 Å². The number of nitro groups is 2. The zero-order valence-electron chi connectivity index (χ0n) is 11.6. The van der Waals surface area contributed by atoms with Gasteiger partial charge in [0.2, 0.25) is 0 Å². The number of nitrogens with one attached hydrogen (secondary N) is 1. The minimum absolute atomic E-state index is 0.128. The second kappa shape index (κ2) is 6.56. The van der Waals surface area contributed by atoms with Gasteiger partial charge in [-0.15, -0.1) is 0 Å². The normalized spacial score (nSPS) is 11.2. The predicted octanol–water partition coefficient (Wildman–Crippen LogP) is 3.45. The van der Waals surface area contributed by atoms with Crippen LogP contribution in [0.1, 0.15) is 20.8 Å². The Kier molecular flexibility index (Phi) is 5.32. The lowest BCUT2D eigenvalue weighted by atomic mass is 10.2. The SMILES string of the molecule is CC(C)(C)SCCNc1ccc([N+](=O)[O-])cc1[N+](=O)[O-]. The lowest BCUT2D eigenvalue weighted by Gasteiger charge is -2.17. The van der Waals surface area contributed by atoms with Crippen LogP contribution in [-0.2, 0) is 0 Å². The number of rotatable bonds is 6. The molecule has 0 spiro atoms. The van der Waals surface area contributed by atoms with Crippen molar-refractivity contribution in [2.24, 2.45) is 0 Å². The van der Waals surface area contributed by atoms with Gasteiger partial charge in [0.15, 0.2) is 0 Å². The van der Waals surface area contributed by atoms with Crippen molar-refractivity contribution < 1.29 is 9.85 Å². The molecule has 0 unspecified atom stereocenters. The van der Waals surface area contributed by atoms with Crippen molar-refractivity contribution in [3.8, 4) is 0 Å². The molecule has 0 saturated heterocycles. The molecular formula is C12H17N3O4S. The number of benzene rings is 1. The zero-order chi connectivity index (χ0) is 15.3. The maximum atomic E-state index is 10.9. The van der Waals surface area contributed by atoms with Crippen molar-refractivity contribution in [2.45, 2.75) is 25.5 Å². The third kappa shape index (κ3) is 5.04. The summed E-state index contributed by atoms with van der Waals surface area (Å²) in [5.41, 5.74) is -0.263. The first kappa shape index (κ1) is 16.2. The monoisotopic (exact) mass is 299 g/mol. The van der Waals surface area contributed by atoms with Crippen LogP contribution in [0.4, 0.5) is 17.1 Å². The highest BCUT2D eigenvalue weighted by molar-refractivity contribution is 8.00. The van der Waals surface area contributed by atoms with Gasteiger partial charge >= 0.3 is 0 Å². The highest BCUT2D eigenvalue weighted by atomic mass is 32.2. The molecule has 0 heterocycles. The maximum Gasteiger partial charge on any atom is 0.299 e. The average molecular weight is 299 g/mol. The Morgan fingerprint density at radius 1 is 1.20 bits per heavy atom. The van der Waals surface area contributed by atoms with Crippen LogP contribution in [0.3, 0.4) is 0 Å². The van der Waals surface area contributed by atoms with E-state index in [0.29, 0.717) is 12.2 Å². The minimum Gasteiger partial charge on any atom is -0.379 e. The molecule has 1 aromatic rings. The van der Waals surface area contributed by atoms with E-state index in [9.17, 15) is 20.2 Å². The van der Waals surface area contributed by atoms with E-state index in [4.69, 9.17) is 0 Å². The van der Waals surface area contributed by atoms with Crippen molar-refractivity contribution in [3.05, 3.63) is 38.4 Å². The summed E-state index contributed by atoms with van der Waals surface area (Å²) in [6.45, 7) is 6.82. The van der Waals surface area contributed by atoms with Gasteiger partial charge in [-0.3, -0.25) is 20.2 Å². The molecule has 0 saturated carbocycles. The van der Waals surface area contributed by atoms with E-state index in [1.165, 1.54) is 12.1 Å². The van der Waals surface area contributed by atoms with Crippen LogP contribution in [0.2, 0.25) is 0 Å². The topological polar surface area (TPSA) is 98.3 Å². The Balaban J connectivity index is 2.75. The predicted molar refractivity (Wildman–Crippen MR) is 80.5 cm³/mol. The number of thioether (sulfide) groups is 1. The van der Waals surface area contributed by atoms with Gasteiger partial charge in [-0.05, 0) is 6.07 Å². The first-order valence-electron chi connectivity index (χ1n) is 6.01. The lowest BCUT2D eigenvalue weighted by molar-refractivity contribution is -0.393. The number of anilines is 1. The van der Waals surface area contributed by atoms with Crippen LogP contribution in [0.15, 0.2) is 18.2 Å². The van der Waals surface area contributed by atoms with Crippen molar-refractivity contribution in [1.29, 1.82) is 0 Å². The van der Waals surface area contributed by atoms with Gasteiger partial charge in [0.1, 0.15) is 5.69 Å². The molecule has 0 atom stereocenters. The van der Waals surface area contributed by atoms with Gasteiger partial charge in [-0.1, -0.05) is 20.8 Å². The number of hydrogen-bond donors (Lipinski definition) is 1. The number of nitro benzene ring substituents is 2. The number of hydrogen-bond acceptors (Lipinski definition) is 6. The Morgan fingerprint density at radius 3 is 2.35 bits per heavy atom. The largest absolute Gasteiger partial charge is 0.379 e. The van der Waals surface area contributed by atoms with Gasteiger partial charge in [-0.2, -0.15) is 11.8 Å². The van der Waals surface area contributed by atoms with Gasteiger partial charge in [-0.25, -0.2) is 0 Å². The highest BCUT2D eigenvalue weighted by Crippen LogP contribution is 2.29. The Morgan fingerprint density at radius 2 is 1.85 bits per heavy atom. The molecule has 0 aromatic heterocycles. The molecule has 1 aromatic carbocycles. The smallest absolute Gasteiger partial charge is 0.299 e. The summed E-state index contributed by atoms with van der Waals surface area (Å²) in [7, 11) is 0. The highest BCUT2D eigenvalue weighted by Gasteiger charge is 2.19. The molecule has 0 amide bonds. The molecule has 20 heavy (non-hydrogen) atoms.